The van der Waals surface area contributed by atoms with E-state index in [0.717, 1.165) is 11.1 Å². The van der Waals surface area contributed by atoms with Crippen molar-refractivity contribution >= 4 is 29.2 Å². The van der Waals surface area contributed by atoms with E-state index in [0.29, 0.717) is 24.2 Å². The molecule has 0 saturated carbocycles. The Bertz CT molecular complexity index is 1130. The number of aryl methyl sites for hydroxylation is 1. The van der Waals surface area contributed by atoms with E-state index < -0.39 is 12.0 Å². The lowest BCUT2D eigenvalue weighted by molar-refractivity contribution is -0.140. The zero-order valence-corrected chi connectivity index (χ0v) is 18.5. The number of hydrogen-bond donors (Lipinski definition) is 0. The molecule has 2 amide bonds. The van der Waals surface area contributed by atoms with Crippen LogP contribution in [0.15, 0.2) is 84.9 Å². The number of anilines is 2. The fraction of sp³-hybridized carbons (Fsp3) is 0.222. The van der Waals surface area contributed by atoms with E-state index in [2.05, 4.69) is 0 Å². The smallest absolute Gasteiger partial charge is 0.325 e. The molecule has 3 aromatic rings. The minimum atomic E-state index is -0.749. The lowest BCUT2D eigenvalue weighted by Crippen LogP contribution is -2.52. The van der Waals surface area contributed by atoms with Gasteiger partial charge in [0, 0.05) is 11.4 Å². The van der Waals surface area contributed by atoms with Crippen LogP contribution in [0.4, 0.5) is 11.4 Å². The van der Waals surface area contributed by atoms with Crippen LogP contribution in [0.3, 0.4) is 0 Å². The van der Waals surface area contributed by atoms with E-state index >= 15 is 0 Å². The van der Waals surface area contributed by atoms with Crippen LogP contribution in [-0.4, -0.2) is 37.5 Å². The van der Waals surface area contributed by atoms with E-state index in [1.807, 2.05) is 84.9 Å². The number of carbonyl (C=O) groups excluding carboxylic acids is 3. The number of methoxy groups -OCH3 is 1. The van der Waals surface area contributed by atoms with Crippen LogP contribution in [0.2, 0.25) is 0 Å². The molecular weight excluding hydrogens is 416 g/mol. The molecule has 1 heterocycles. The average molecular weight is 443 g/mol. The molecule has 168 valence electrons. The van der Waals surface area contributed by atoms with Crippen LogP contribution in [-0.2, 0) is 32.0 Å². The molecule has 0 spiro atoms. The van der Waals surface area contributed by atoms with Gasteiger partial charge in [0.25, 0.3) is 5.91 Å². The number of nitrogens with zero attached hydrogens (tertiary/aromatic N) is 2. The molecule has 1 unspecified atom stereocenters. The number of esters is 1. The van der Waals surface area contributed by atoms with Crippen molar-refractivity contribution in [3.05, 3.63) is 96.1 Å². The predicted molar refractivity (Wildman–Crippen MR) is 127 cm³/mol. The minimum Gasteiger partial charge on any atom is -0.468 e. The number of hydrogen-bond acceptors (Lipinski definition) is 4. The Kier molecular flexibility index (Phi) is 6.83. The second-order valence-corrected chi connectivity index (χ2v) is 7.95. The third-order valence-corrected chi connectivity index (χ3v) is 5.85. The van der Waals surface area contributed by atoms with Gasteiger partial charge in [-0.25, -0.2) is 0 Å². The van der Waals surface area contributed by atoms with E-state index in [9.17, 15) is 14.4 Å². The van der Waals surface area contributed by atoms with Gasteiger partial charge in [0.2, 0.25) is 5.91 Å². The highest BCUT2D eigenvalue weighted by molar-refractivity contribution is 6.08. The Morgan fingerprint density at radius 3 is 2.27 bits per heavy atom. The molecule has 0 saturated heterocycles. The summed E-state index contributed by atoms with van der Waals surface area (Å²) >= 11 is 0. The quantitative estimate of drug-likeness (QED) is 0.545. The van der Waals surface area contributed by atoms with Crippen LogP contribution in [0, 0.1) is 0 Å². The summed E-state index contributed by atoms with van der Waals surface area (Å²) in [6.45, 7) is -0.210. The largest absolute Gasteiger partial charge is 0.468 e. The Morgan fingerprint density at radius 2 is 1.58 bits per heavy atom. The summed E-state index contributed by atoms with van der Waals surface area (Å²) in [6.07, 6.45) is 1.22. The van der Waals surface area contributed by atoms with Crippen molar-refractivity contribution in [2.75, 3.05) is 23.5 Å². The van der Waals surface area contributed by atoms with Gasteiger partial charge >= 0.3 is 5.97 Å². The summed E-state index contributed by atoms with van der Waals surface area (Å²) in [7, 11) is 1.30. The van der Waals surface area contributed by atoms with Crippen molar-refractivity contribution in [1.29, 1.82) is 0 Å². The van der Waals surface area contributed by atoms with Gasteiger partial charge in [-0.2, -0.15) is 0 Å². The zero-order chi connectivity index (χ0) is 23.2. The van der Waals surface area contributed by atoms with Gasteiger partial charge < -0.3 is 4.74 Å². The Hall–Kier alpha value is -3.93. The van der Waals surface area contributed by atoms with Crippen molar-refractivity contribution < 1.29 is 19.1 Å². The Labute approximate surface area is 193 Å². The molecule has 4 rings (SSSR count). The predicted octanol–water partition coefficient (Wildman–Crippen LogP) is 3.78. The summed E-state index contributed by atoms with van der Waals surface area (Å²) in [5, 5.41) is 0. The zero-order valence-electron chi connectivity index (χ0n) is 18.5. The minimum absolute atomic E-state index is 0.170. The number of fused-ring (bicyclic) bond motifs is 1. The van der Waals surface area contributed by atoms with Crippen molar-refractivity contribution in [3.8, 4) is 0 Å². The van der Waals surface area contributed by atoms with Crippen LogP contribution in [0.25, 0.3) is 0 Å². The highest BCUT2D eigenvalue weighted by Crippen LogP contribution is 2.31. The summed E-state index contributed by atoms with van der Waals surface area (Å²) in [6, 6.07) is 25.5. The van der Waals surface area contributed by atoms with Gasteiger partial charge in [0.1, 0.15) is 12.6 Å². The molecule has 0 aromatic heterocycles. The van der Waals surface area contributed by atoms with Gasteiger partial charge in [0.15, 0.2) is 0 Å². The van der Waals surface area contributed by atoms with Gasteiger partial charge in [0.05, 0.1) is 13.5 Å². The second kappa shape index (κ2) is 10.1. The first-order valence-corrected chi connectivity index (χ1v) is 11.0. The number of rotatable bonds is 6. The van der Waals surface area contributed by atoms with Gasteiger partial charge in [-0.3, -0.25) is 24.2 Å². The summed E-state index contributed by atoms with van der Waals surface area (Å²) in [5.41, 5.74) is 3.17. The first-order valence-electron chi connectivity index (χ1n) is 11.0. The first-order chi connectivity index (χ1) is 16.1. The normalized spacial score (nSPS) is 15.4. The molecule has 0 fully saturated rings. The monoisotopic (exact) mass is 442 g/mol. The van der Waals surface area contributed by atoms with E-state index in [4.69, 9.17) is 4.74 Å². The molecule has 1 aliphatic heterocycles. The van der Waals surface area contributed by atoms with Gasteiger partial charge in [-0.15, -0.1) is 0 Å². The molecule has 6 heteroatoms. The molecule has 6 nitrogen and oxygen atoms in total. The molecule has 33 heavy (non-hydrogen) atoms. The molecule has 0 bridgehead atoms. The fourth-order valence-electron chi connectivity index (χ4n) is 4.24. The highest BCUT2D eigenvalue weighted by Gasteiger charge is 2.38. The van der Waals surface area contributed by atoms with Gasteiger partial charge in [-0.05, 0) is 42.2 Å². The summed E-state index contributed by atoms with van der Waals surface area (Å²) in [4.78, 5) is 42.7. The highest BCUT2D eigenvalue weighted by atomic mass is 16.5. The van der Waals surface area contributed by atoms with E-state index in [1.165, 1.54) is 12.0 Å². The fourth-order valence-corrected chi connectivity index (χ4v) is 4.24. The maximum Gasteiger partial charge on any atom is 0.325 e. The molecule has 1 aliphatic rings. The molecule has 0 N–H and O–H groups in total. The second-order valence-electron chi connectivity index (χ2n) is 7.95. The van der Waals surface area contributed by atoms with Crippen LogP contribution in [0.1, 0.15) is 17.5 Å². The molecule has 1 atom stereocenters. The average Bonchev–Trinajstić information content (AvgIpc) is 2.98. The Morgan fingerprint density at radius 1 is 0.939 bits per heavy atom. The van der Waals surface area contributed by atoms with Crippen molar-refractivity contribution in [2.45, 2.75) is 25.3 Å². The Balaban J connectivity index is 1.73. The third kappa shape index (κ3) is 4.95. The standard InChI is InChI=1S/C27H26N2O4/c1-33-26(31)19-28-23-15-9-8-12-21(23)16-17-24(27(28)32)29(22-13-6-3-7-14-22)25(30)18-20-10-4-2-5-11-20/h2-15,24H,16-19H2,1H3. The maximum atomic E-state index is 13.9. The molecule has 3 aromatic carbocycles. The van der Waals surface area contributed by atoms with Crippen molar-refractivity contribution in [1.82, 2.24) is 0 Å². The lowest BCUT2D eigenvalue weighted by Gasteiger charge is -2.33. The maximum absolute atomic E-state index is 13.9. The third-order valence-electron chi connectivity index (χ3n) is 5.85. The number of para-hydroxylation sites is 2. The van der Waals surface area contributed by atoms with Crippen LogP contribution < -0.4 is 9.80 Å². The number of benzene rings is 3. The van der Waals surface area contributed by atoms with Crippen molar-refractivity contribution in [2.24, 2.45) is 0 Å². The van der Waals surface area contributed by atoms with E-state index in [1.54, 1.807) is 4.90 Å². The molecule has 0 radical (unpaired) electrons. The number of carbonyl (C=O) groups is 3. The number of amides is 2. The van der Waals surface area contributed by atoms with Crippen molar-refractivity contribution in [3.63, 3.8) is 0 Å². The van der Waals surface area contributed by atoms with Crippen LogP contribution in [0.5, 0.6) is 0 Å². The van der Waals surface area contributed by atoms with Crippen LogP contribution >= 0.6 is 0 Å². The van der Waals surface area contributed by atoms with Gasteiger partial charge in [-0.1, -0.05) is 66.7 Å². The SMILES string of the molecule is COC(=O)CN1C(=O)C(N(C(=O)Cc2ccccc2)c2ccccc2)CCc2ccccc21. The summed E-state index contributed by atoms with van der Waals surface area (Å²) < 4.78 is 4.85. The lowest BCUT2D eigenvalue weighted by atomic mass is 10.0. The molecular formula is C27H26N2O4. The topological polar surface area (TPSA) is 66.9 Å². The molecule has 0 aliphatic carbocycles. The summed E-state index contributed by atoms with van der Waals surface area (Å²) in [5.74, 6) is -0.981. The first kappa shape index (κ1) is 22.3. The number of ether oxygens (including phenoxy) is 1. The van der Waals surface area contributed by atoms with E-state index in [-0.39, 0.29) is 24.8 Å².